The van der Waals surface area contributed by atoms with Crippen molar-refractivity contribution >= 4 is 45.3 Å². The average Bonchev–Trinajstić information content (AvgIpc) is 3.72. The van der Waals surface area contributed by atoms with E-state index in [0.717, 1.165) is 131 Å². The number of aryl methyl sites for hydroxylation is 2. The van der Waals surface area contributed by atoms with E-state index in [1.54, 1.807) is 9.80 Å². The van der Waals surface area contributed by atoms with Gasteiger partial charge in [0.15, 0.2) is 11.6 Å². The van der Waals surface area contributed by atoms with Gasteiger partial charge in [-0.05, 0) is 124 Å². The third-order valence-corrected chi connectivity index (χ3v) is 16.4. The van der Waals surface area contributed by atoms with Gasteiger partial charge in [-0.25, -0.2) is 9.97 Å². The third-order valence-electron chi connectivity index (χ3n) is 16.4. The lowest BCUT2D eigenvalue weighted by atomic mass is 9.88. The molecule has 2 aliphatic heterocycles. The van der Waals surface area contributed by atoms with E-state index < -0.39 is 0 Å². The number of hydrogen-bond donors (Lipinski definition) is 4. The van der Waals surface area contributed by atoms with Crippen LogP contribution in [0.5, 0.6) is 0 Å². The van der Waals surface area contributed by atoms with Crippen LogP contribution in [-0.2, 0) is 44.7 Å². The predicted molar refractivity (Wildman–Crippen MR) is 258 cm³/mol. The number of hydrogen-bond acceptors (Lipinski definition) is 10. The Morgan fingerprint density at radius 2 is 1.06 bits per heavy atom. The van der Waals surface area contributed by atoms with Crippen molar-refractivity contribution in [2.45, 2.75) is 92.2 Å². The first-order valence-electron chi connectivity index (χ1n) is 24.0. The summed E-state index contributed by atoms with van der Waals surface area (Å²) < 4.78 is 10.9. The van der Waals surface area contributed by atoms with Gasteiger partial charge in [0.1, 0.15) is 11.4 Å². The van der Waals surface area contributed by atoms with E-state index in [9.17, 15) is 9.59 Å². The number of morpholine rings is 2. The van der Waals surface area contributed by atoms with Gasteiger partial charge in [0, 0.05) is 74.2 Å². The standard InChI is InChI=1S/2C25H32N6O2.H2O/c2*1-14-9-18-19(11-21(14)30(4)24(32)15(2)31-5-7-33-8-6-31)27-23(26-18)22-17-10-16-12-25(16,3)13-20(17)28-29-22;/h2*9,11,15-16H,5-8,10,12-13H2,1-4H3,(H,26,27)(H,28,29);1H2/t2*15-,16+,25+;/m00./s1. The van der Waals surface area contributed by atoms with Crippen molar-refractivity contribution in [1.29, 1.82) is 0 Å². The summed E-state index contributed by atoms with van der Waals surface area (Å²) in [5.41, 5.74) is 15.5. The lowest BCUT2D eigenvalue weighted by molar-refractivity contribution is -0.125. The fraction of sp³-hybridized carbons (Fsp3) is 0.560. The Balaban J connectivity index is 0.000000154. The van der Waals surface area contributed by atoms with Gasteiger partial charge in [0.25, 0.3) is 0 Å². The summed E-state index contributed by atoms with van der Waals surface area (Å²) in [4.78, 5) is 51.2. The Labute approximate surface area is 391 Å². The molecule has 356 valence electrons. The summed E-state index contributed by atoms with van der Waals surface area (Å²) in [6.07, 6.45) is 6.93. The number of H-pyrrole nitrogens is 4. The molecule has 67 heavy (non-hydrogen) atoms. The molecule has 6 atom stereocenters. The van der Waals surface area contributed by atoms with Crippen LogP contribution in [0.2, 0.25) is 0 Å². The fourth-order valence-corrected chi connectivity index (χ4v) is 11.6. The monoisotopic (exact) mass is 915 g/mol. The molecule has 6 N–H and O–H groups in total. The number of carbonyl (C=O) groups excluding carboxylic acids is 2. The van der Waals surface area contributed by atoms with Crippen molar-refractivity contribution < 1.29 is 24.5 Å². The van der Waals surface area contributed by atoms with Crippen molar-refractivity contribution in [3.63, 3.8) is 0 Å². The Morgan fingerprint density at radius 3 is 1.45 bits per heavy atom. The van der Waals surface area contributed by atoms with E-state index in [4.69, 9.17) is 19.4 Å². The Kier molecular flexibility index (Phi) is 11.5. The zero-order valence-corrected chi connectivity index (χ0v) is 40.2. The van der Waals surface area contributed by atoms with E-state index in [-0.39, 0.29) is 29.4 Å². The molecule has 0 unspecified atom stereocenters. The molecule has 4 fully saturated rings. The van der Waals surface area contributed by atoms with Crippen LogP contribution in [0, 0.1) is 36.5 Å². The summed E-state index contributed by atoms with van der Waals surface area (Å²) in [6.45, 7) is 18.7. The number of aromatic nitrogens is 8. The summed E-state index contributed by atoms with van der Waals surface area (Å²) in [7, 11) is 3.72. The first-order valence-corrected chi connectivity index (χ1v) is 24.0. The largest absolute Gasteiger partial charge is 0.412 e. The fourth-order valence-electron chi connectivity index (χ4n) is 11.6. The van der Waals surface area contributed by atoms with Crippen molar-refractivity contribution in [2.24, 2.45) is 22.7 Å². The number of likely N-dealkylation sites (N-methyl/N-ethyl adjacent to an activating group) is 2. The highest BCUT2D eigenvalue weighted by molar-refractivity contribution is 6.00. The number of anilines is 2. The normalized spacial score (nSPS) is 25.1. The Morgan fingerprint density at radius 1 is 0.672 bits per heavy atom. The van der Waals surface area contributed by atoms with Gasteiger partial charge in [-0.1, -0.05) is 13.8 Å². The number of nitrogens with zero attached hydrogens (tertiary/aromatic N) is 8. The maximum Gasteiger partial charge on any atom is 0.243 e. The molecule has 0 radical (unpaired) electrons. The topological polar surface area (TPSA) is 212 Å². The van der Waals surface area contributed by atoms with Gasteiger partial charge in [-0.2, -0.15) is 10.2 Å². The number of fused-ring (bicyclic) bond motifs is 6. The molecular formula is C50H66N12O5. The first kappa shape index (κ1) is 45.3. The summed E-state index contributed by atoms with van der Waals surface area (Å²) in [5, 5.41) is 15.8. The minimum absolute atomic E-state index is 0. The molecule has 0 bridgehead atoms. The second-order valence-corrected chi connectivity index (χ2v) is 20.9. The lowest BCUT2D eigenvalue weighted by Gasteiger charge is -2.33. The zero-order valence-electron chi connectivity index (χ0n) is 40.2. The van der Waals surface area contributed by atoms with E-state index in [0.29, 0.717) is 37.3 Å². The quantitative estimate of drug-likeness (QED) is 0.155. The Bertz CT molecular complexity index is 2670. The van der Waals surface area contributed by atoms with Gasteiger partial charge in [-0.3, -0.25) is 29.6 Å². The van der Waals surface area contributed by atoms with Crippen LogP contribution in [0.4, 0.5) is 11.4 Å². The maximum atomic E-state index is 13.2. The third kappa shape index (κ3) is 8.05. The van der Waals surface area contributed by atoms with Gasteiger partial charge in [0.2, 0.25) is 11.8 Å². The van der Waals surface area contributed by atoms with Gasteiger partial charge in [0.05, 0.1) is 60.6 Å². The molecule has 17 nitrogen and oxygen atoms in total. The molecule has 2 saturated carbocycles. The van der Waals surface area contributed by atoms with E-state index in [2.05, 4.69) is 66.1 Å². The number of ether oxygens (including phenoxy) is 2. The molecule has 6 aliphatic rings. The van der Waals surface area contributed by atoms with E-state index in [1.807, 2.05) is 53.9 Å². The number of aromatic amines is 4. The number of imidazole rings is 2. The number of amides is 2. The van der Waals surface area contributed by atoms with Crippen LogP contribution in [0.25, 0.3) is 45.1 Å². The van der Waals surface area contributed by atoms with Gasteiger partial charge < -0.3 is 34.7 Å². The van der Waals surface area contributed by atoms with Crippen LogP contribution >= 0.6 is 0 Å². The van der Waals surface area contributed by atoms with Crippen molar-refractivity contribution in [3.8, 4) is 23.0 Å². The van der Waals surface area contributed by atoms with Crippen molar-refractivity contribution in [1.82, 2.24) is 50.1 Å². The van der Waals surface area contributed by atoms with E-state index in [1.165, 1.54) is 35.4 Å². The number of benzene rings is 2. The summed E-state index contributed by atoms with van der Waals surface area (Å²) in [6, 6.07) is 7.83. The second kappa shape index (κ2) is 16.9. The van der Waals surface area contributed by atoms with Crippen molar-refractivity contribution in [2.75, 3.05) is 76.5 Å². The van der Waals surface area contributed by atoms with Crippen LogP contribution in [0.15, 0.2) is 24.3 Å². The van der Waals surface area contributed by atoms with Crippen molar-refractivity contribution in [3.05, 3.63) is 57.9 Å². The number of nitrogens with one attached hydrogen (secondary N) is 4. The average molecular weight is 915 g/mol. The predicted octanol–water partition coefficient (Wildman–Crippen LogP) is 5.31. The molecule has 12 rings (SSSR count). The highest BCUT2D eigenvalue weighted by Crippen LogP contribution is 2.60. The minimum atomic E-state index is -0.188. The SMILES string of the molecule is Cc1cc2[nH]c(-c3n[nH]c4c3C[C@@H]3C[C@]3(C)C4)nc2cc1N(C)C(=O)[C@H](C)N1CCOCC1.Cc1cc2[nH]c(-c3n[nH]c4c3C[C@@H]3C[C@]3(C)C4)nc2cc1N(C)C(=O)[C@H](C)N1CCOCC1.O. The highest BCUT2D eigenvalue weighted by Gasteiger charge is 2.54. The molecule has 2 saturated heterocycles. The van der Waals surface area contributed by atoms with Crippen LogP contribution in [0.1, 0.15) is 74.2 Å². The second-order valence-electron chi connectivity index (χ2n) is 20.9. The molecule has 6 heterocycles. The molecule has 4 aliphatic carbocycles. The molecule has 0 spiro atoms. The smallest absolute Gasteiger partial charge is 0.243 e. The number of rotatable bonds is 8. The van der Waals surface area contributed by atoms with Gasteiger partial charge >= 0.3 is 0 Å². The number of carbonyl (C=O) groups is 2. The van der Waals surface area contributed by atoms with E-state index >= 15 is 0 Å². The molecule has 2 amide bonds. The Hall–Kier alpha value is -5.46. The molecule has 2 aromatic carbocycles. The van der Waals surface area contributed by atoms with Crippen LogP contribution in [-0.4, -0.2) is 146 Å². The summed E-state index contributed by atoms with van der Waals surface area (Å²) in [5.74, 6) is 3.33. The summed E-state index contributed by atoms with van der Waals surface area (Å²) >= 11 is 0. The first-order chi connectivity index (χ1) is 31.7. The van der Waals surface area contributed by atoms with Gasteiger partial charge in [-0.15, -0.1) is 0 Å². The van der Waals surface area contributed by atoms with Crippen LogP contribution in [0.3, 0.4) is 0 Å². The molecular weight excluding hydrogens is 849 g/mol. The minimum Gasteiger partial charge on any atom is -0.412 e. The highest BCUT2D eigenvalue weighted by atomic mass is 16.5. The zero-order chi connectivity index (χ0) is 45.8. The molecule has 6 aromatic rings. The van der Waals surface area contributed by atoms with Crippen LogP contribution < -0.4 is 9.80 Å². The molecule has 4 aromatic heterocycles. The maximum absolute atomic E-state index is 13.2. The lowest BCUT2D eigenvalue weighted by Crippen LogP contribution is -2.50. The molecule has 17 heteroatoms.